The van der Waals surface area contributed by atoms with Crippen molar-refractivity contribution >= 4 is 11.8 Å². The largest absolute Gasteiger partial charge is 0.477 e. The zero-order valence-electron chi connectivity index (χ0n) is 10.2. The van der Waals surface area contributed by atoms with Gasteiger partial charge in [-0.25, -0.2) is 4.79 Å². The van der Waals surface area contributed by atoms with Gasteiger partial charge in [-0.05, 0) is 30.4 Å². The molecule has 2 heterocycles. The molecule has 1 aromatic rings. The van der Waals surface area contributed by atoms with Crippen LogP contribution in [0.1, 0.15) is 34.7 Å². The van der Waals surface area contributed by atoms with Gasteiger partial charge in [0.2, 0.25) is 0 Å². The molecule has 0 atom stereocenters. The molecule has 0 saturated carbocycles. The second-order valence-corrected chi connectivity index (χ2v) is 4.46. The maximum absolute atomic E-state index is 12.0. The molecule has 18 heavy (non-hydrogen) atoms. The van der Waals surface area contributed by atoms with Crippen LogP contribution >= 0.6 is 0 Å². The van der Waals surface area contributed by atoms with Gasteiger partial charge in [0.15, 0.2) is 0 Å². The Morgan fingerprint density at radius 3 is 2.67 bits per heavy atom. The van der Waals surface area contributed by atoms with Crippen LogP contribution in [-0.4, -0.2) is 28.9 Å². The van der Waals surface area contributed by atoms with Crippen molar-refractivity contribution in [1.82, 2.24) is 4.57 Å². The van der Waals surface area contributed by atoms with Gasteiger partial charge in [-0.2, -0.15) is 0 Å². The number of carbonyl (C=O) groups is 1. The maximum Gasteiger partial charge on any atom is 0.341 e. The van der Waals surface area contributed by atoms with E-state index in [2.05, 4.69) is 0 Å². The van der Waals surface area contributed by atoms with Crippen molar-refractivity contribution in [2.75, 3.05) is 18.9 Å². The summed E-state index contributed by atoms with van der Waals surface area (Å²) in [7, 11) is 1.47. The molecule has 1 fully saturated rings. The molecule has 1 aromatic heterocycles. The highest BCUT2D eigenvalue weighted by Gasteiger charge is 2.25. The first-order valence-electron chi connectivity index (χ1n) is 5.82. The number of anilines is 1. The van der Waals surface area contributed by atoms with Crippen LogP contribution in [0.25, 0.3) is 0 Å². The average Bonchev–Trinajstić information content (AvgIpc) is 2.36. The number of nitrogen functional groups attached to an aromatic ring is 1. The monoisotopic (exact) mass is 252 g/mol. The minimum Gasteiger partial charge on any atom is -0.477 e. The van der Waals surface area contributed by atoms with E-state index in [0.717, 1.165) is 4.57 Å². The minimum atomic E-state index is -1.20. The van der Waals surface area contributed by atoms with E-state index in [9.17, 15) is 14.7 Å². The Labute approximate surface area is 104 Å². The molecule has 2 rings (SSSR count). The number of carboxylic acids is 1. The number of aromatic nitrogens is 1. The molecule has 0 spiro atoms. The second kappa shape index (κ2) is 4.81. The molecule has 0 amide bonds. The molecule has 0 radical (unpaired) electrons. The fourth-order valence-corrected chi connectivity index (χ4v) is 2.28. The van der Waals surface area contributed by atoms with Crippen molar-refractivity contribution in [2.24, 2.45) is 7.05 Å². The molecular formula is C12H16N2O4. The standard InChI is InChI=1S/C12H16N2O4/c1-14-9(13)6-8(7-2-4-18-5-3-7)10(11(14)15)12(16)17/h6-7H,2-5,13H2,1H3,(H,16,17). The van der Waals surface area contributed by atoms with Crippen LogP contribution in [0.4, 0.5) is 5.82 Å². The molecule has 1 aliphatic rings. The molecule has 1 aliphatic heterocycles. The van der Waals surface area contributed by atoms with Crippen LogP contribution in [-0.2, 0) is 11.8 Å². The van der Waals surface area contributed by atoms with Crippen LogP contribution < -0.4 is 11.3 Å². The van der Waals surface area contributed by atoms with Crippen LogP contribution in [0.15, 0.2) is 10.9 Å². The maximum atomic E-state index is 12.0. The van der Waals surface area contributed by atoms with Crippen molar-refractivity contribution in [2.45, 2.75) is 18.8 Å². The quantitative estimate of drug-likeness (QED) is 0.802. The Morgan fingerprint density at radius 1 is 1.50 bits per heavy atom. The average molecular weight is 252 g/mol. The molecule has 3 N–H and O–H groups in total. The third-order valence-electron chi connectivity index (χ3n) is 3.37. The van der Waals surface area contributed by atoms with E-state index in [0.29, 0.717) is 31.6 Å². The van der Waals surface area contributed by atoms with E-state index >= 15 is 0 Å². The summed E-state index contributed by atoms with van der Waals surface area (Å²) < 4.78 is 6.40. The summed E-state index contributed by atoms with van der Waals surface area (Å²) in [6.07, 6.45) is 1.43. The van der Waals surface area contributed by atoms with Crippen LogP contribution in [0, 0.1) is 0 Å². The van der Waals surface area contributed by atoms with Crippen LogP contribution in [0.2, 0.25) is 0 Å². The fraction of sp³-hybridized carbons (Fsp3) is 0.500. The predicted octanol–water partition coefficient (Wildman–Crippen LogP) is 0.560. The highest BCUT2D eigenvalue weighted by Crippen LogP contribution is 2.29. The minimum absolute atomic E-state index is 0.0287. The highest BCUT2D eigenvalue weighted by atomic mass is 16.5. The summed E-state index contributed by atoms with van der Waals surface area (Å²) in [4.78, 5) is 23.2. The van der Waals surface area contributed by atoms with Gasteiger partial charge in [-0.15, -0.1) is 0 Å². The van der Waals surface area contributed by atoms with Crippen molar-refractivity contribution in [3.05, 3.63) is 27.5 Å². The smallest absolute Gasteiger partial charge is 0.341 e. The first-order valence-corrected chi connectivity index (χ1v) is 5.82. The zero-order valence-corrected chi connectivity index (χ0v) is 10.2. The van der Waals surface area contributed by atoms with Gasteiger partial charge in [-0.1, -0.05) is 0 Å². The molecule has 0 aromatic carbocycles. The number of nitrogens with two attached hydrogens (primary N) is 1. The lowest BCUT2D eigenvalue weighted by Gasteiger charge is -2.24. The summed E-state index contributed by atoms with van der Waals surface area (Å²) >= 11 is 0. The third kappa shape index (κ3) is 2.11. The van der Waals surface area contributed by atoms with Gasteiger partial charge in [0, 0.05) is 20.3 Å². The molecule has 6 heteroatoms. The summed E-state index contributed by atoms with van der Waals surface area (Å²) in [5.74, 6) is -0.885. The topological polar surface area (TPSA) is 94.6 Å². The Kier molecular flexibility index (Phi) is 3.38. The Hall–Kier alpha value is -1.82. The van der Waals surface area contributed by atoms with Gasteiger partial charge in [0.05, 0.1) is 0 Å². The number of carboxylic acid groups (broad SMARTS) is 1. The van der Waals surface area contributed by atoms with Crippen molar-refractivity contribution < 1.29 is 14.6 Å². The molecule has 0 aliphatic carbocycles. The van der Waals surface area contributed by atoms with Gasteiger partial charge >= 0.3 is 5.97 Å². The molecule has 0 bridgehead atoms. The van der Waals surface area contributed by atoms with Gasteiger partial charge < -0.3 is 15.6 Å². The Morgan fingerprint density at radius 2 is 2.11 bits per heavy atom. The van der Waals surface area contributed by atoms with Crippen molar-refractivity contribution in [3.63, 3.8) is 0 Å². The lowest BCUT2D eigenvalue weighted by molar-refractivity contribution is 0.0682. The number of nitrogens with zero attached hydrogens (tertiary/aromatic N) is 1. The summed E-state index contributed by atoms with van der Waals surface area (Å²) in [6, 6.07) is 1.60. The van der Waals surface area contributed by atoms with E-state index in [-0.39, 0.29) is 17.3 Å². The van der Waals surface area contributed by atoms with Gasteiger partial charge in [0.25, 0.3) is 5.56 Å². The number of ether oxygens (including phenoxy) is 1. The lowest BCUT2D eigenvalue weighted by atomic mass is 9.89. The number of hydrogen-bond donors (Lipinski definition) is 2. The molecule has 1 saturated heterocycles. The third-order valence-corrected chi connectivity index (χ3v) is 3.37. The summed E-state index contributed by atoms with van der Waals surface area (Å²) in [5.41, 5.74) is 5.55. The summed E-state index contributed by atoms with van der Waals surface area (Å²) in [5, 5.41) is 9.21. The van der Waals surface area contributed by atoms with E-state index in [1.807, 2.05) is 0 Å². The van der Waals surface area contributed by atoms with E-state index in [4.69, 9.17) is 10.5 Å². The molecule has 0 unspecified atom stereocenters. The van der Waals surface area contributed by atoms with Gasteiger partial charge in [0.1, 0.15) is 11.4 Å². The lowest BCUT2D eigenvalue weighted by Crippen LogP contribution is -2.30. The number of pyridine rings is 1. The Bertz CT molecular complexity index is 530. The first kappa shape index (κ1) is 12.6. The van der Waals surface area contributed by atoms with Crippen molar-refractivity contribution in [3.8, 4) is 0 Å². The molecule has 6 nitrogen and oxygen atoms in total. The van der Waals surface area contributed by atoms with Crippen molar-refractivity contribution in [1.29, 1.82) is 0 Å². The number of hydrogen-bond acceptors (Lipinski definition) is 4. The van der Waals surface area contributed by atoms with Crippen LogP contribution in [0.3, 0.4) is 0 Å². The fourth-order valence-electron chi connectivity index (χ4n) is 2.28. The normalized spacial score (nSPS) is 16.7. The van der Waals surface area contributed by atoms with E-state index in [1.165, 1.54) is 7.05 Å². The Balaban J connectivity index is 2.57. The molecular weight excluding hydrogens is 236 g/mol. The molecule has 98 valence electrons. The zero-order chi connectivity index (χ0) is 13.3. The van der Waals surface area contributed by atoms with E-state index in [1.54, 1.807) is 6.07 Å². The van der Waals surface area contributed by atoms with Gasteiger partial charge in [-0.3, -0.25) is 9.36 Å². The first-order chi connectivity index (χ1) is 8.52. The summed E-state index contributed by atoms with van der Waals surface area (Å²) in [6.45, 7) is 1.16. The number of rotatable bonds is 2. The highest BCUT2D eigenvalue weighted by molar-refractivity contribution is 5.89. The number of aromatic carboxylic acids is 1. The predicted molar refractivity (Wildman–Crippen MR) is 65.8 cm³/mol. The SMILES string of the molecule is Cn1c(N)cc(C2CCOCC2)c(C(=O)O)c1=O. The second-order valence-electron chi connectivity index (χ2n) is 4.46. The van der Waals surface area contributed by atoms with E-state index < -0.39 is 11.5 Å². The van der Waals surface area contributed by atoms with Crippen LogP contribution in [0.5, 0.6) is 0 Å².